The molecule has 0 aromatic rings. The number of hydrogen-bond donors (Lipinski definition) is 0. The Kier molecular flexibility index (Phi) is 4.95. The summed E-state index contributed by atoms with van der Waals surface area (Å²) >= 11 is 0. The first-order valence-electron chi connectivity index (χ1n) is 13.0. The van der Waals surface area contributed by atoms with Crippen LogP contribution in [-0.4, -0.2) is 29.4 Å². The molecule has 0 saturated heterocycles. The van der Waals surface area contributed by atoms with Gasteiger partial charge in [0.05, 0.1) is 0 Å². The predicted octanol–water partition coefficient (Wildman–Crippen LogP) is 5.43. The largest absolute Gasteiger partial charge is 0.462 e. The Bertz CT molecular complexity index is 1010. The zero-order valence-electron chi connectivity index (χ0n) is 21.8. The van der Waals surface area contributed by atoms with Crippen molar-refractivity contribution in [2.24, 2.45) is 45.3 Å². The van der Waals surface area contributed by atoms with Crippen molar-refractivity contribution in [3.8, 4) is 0 Å². The van der Waals surface area contributed by atoms with Crippen molar-refractivity contribution < 1.29 is 23.9 Å². The van der Waals surface area contributed by atoms with Gasteiger partial charge < -0.3 is 9.47 Å². The number of hydrogen-bond acceptors (Lipinski definition) is 5. The monoisotopic (exact) mass is 468 g/mol. The van der Waals surface area contributed by atoms with Crippen LogP contribution in [0.4, 0.5) is 0 Å². The van der Waals surface area contributed by atoms with Crippen LogP contribution >= 0.6 is 0 Å². The fourth-order valence-electron chi connectivity index (χ4n) is 9.72. The lowest BCUT2D eigenvalue weighted by Crippen LogP contribution is -2.65. The molecule has 186 valence electrons. The molecule has 1 heterocycles. The summed E-state index contributed by atoms with van der Waals surface area (Å²) in [6.45, 7) is 14.9. The zero-order chi connectivity index (χ0) is 24.9. The van der Waals surface area contributed by atoms with Crippen LogP contribution in [-0.2, 0) is 23.9 Å². The molecule has 0 aromatic heterocycles. The highest BCUT2D eigenvalue weighted by molar-refractivity contribution is 5.95. The Morgan fingerprint density at radius 3 is 2.24 bits per heavy atom. The molecule has 34 heavy (non-hydrogen) atoms. The van der Waals surface area contributed by atoms with Gasteiger partial charge in [0.15, 0.2) is 5.78 Å². The van der Waals surface area contributed by atoms with Crippen molar-refractivity contribution in [2.75, 3.05) is 0 Å². The molecule has 0 amide bonds. The van der Waals surface area contributed by atoms with Gasteiger partial charge in [0.25, 0.3) is 0 Å². The van der Waals surface area contributed by atoms with E-state index in [1.165, 1.54) is 6.92 Å². The lowest BCUT2D eigenvalue weighted by Gasteiger charge is -2.68. The molecule has 0 N–H and O–H groups in total. The van der Waals surface area contributed by atoms with Crippen molar-refractivity contribution in [1.29, 1.82) is 0 Å². The summed E-state index contributed by atoms with van der Waals surface area (Å²) in [5, 5.41) is 0. The molecule has 0 bridgehead atoms. The molecule has 0 spiro atoms. The molecular formula is C29H40O5. The van der Waals surface area contributed by atoms with Crippen molar-refractivity contribution in [2.45, 2.75) is 92.3 Å². The molecule has 0 aromatic carbocycles. The van der Waals surface area contributed by atoms with E-state index in [4.69, 9.17) is 9.47 Å². The number of carbonyl (C=O) groups excluding carboxylic acids is 3. The Morgan fingerprint density at radius 2 is 1.62 bits per heavy atom. The molecule has 0 radical (unpaired) electrons. The molecule has 9 atom stereocenters. The van der Waals surface area contributed by atoms with Crippen LogP contribution in [0.1, 0.15) is 80.6 Å². The molecular weight excluding hydrogens is 428 g/mol. The molecule has 5 heteroatoms. The molecule has 5 aliphatic rings. The van der Waals surface area contributed by atoms with Gasteiger partial charge in [0.1, 0.15) is 11.7 Å². The molecule has 1 aliphatic heterocycles. The average Bonchev–Trinajstić information content (AvgIpc) is 3.28. The molecule has 3 saturated carbocycles. The first-order chi connectivity index (χ1) is 15.7. The van der Waals surface area contributed by atoms with Gasteiger partial charge in [-0.05, 0) is 79.3 Å². The SMILES string of the molecule is CC(=O)O[C@@H]1CC2[C@@]3(C)C=CC(=O)C(C)(C)C3CC[C@@]2(C)[C@]2(C)CCC([C@]3(C)C=CC(=O)O3)C12. The zero-order valence-corrected chi connectivity index (χ0v) is 21.8. The third-order valence-corrected chi connectivity index (χ3v) is 11.6. The molecule has 4 unspecified atom stereocenters. The lowest BCUT2D eigenvalue weighted by molar-refractivity contribution is -0.222. The number of ketones is 1. The van der Waals surface area contributed by atoms with Gasteiger partial charge in [-0.1, -0.05) is 40.7 Å². The number of allylic oxidation sites excluding steroid dienone is 2. The predicted molar refractivity (Wildman–Crippen MR) is 128 cm³/mol. The van der Waals surface area contributed by atoms with Crippen LogP contribution < -0.4 is 0 Å². The van der Waals surface area contributed by atoms with E-state index < -0.39 is 11.0 Å². The van der Waals surface area contributed by atoms with Crippen molar-refractivity contribution >= 4 is 17.7 Å². The van der Waals surface area contributed by atoms with Gasteiger partial charge >= 0.3 is 11.9 Å². The van der Waals surface area contributed by atoms with Crippen LogP contribution in [0.25, 0.3) is 0 Å². The first kappa shape index (κ1) is 23.8. The minimum Gasteiger partial charge on any atom is -0.462 e. The number of ether oxygens (including phenoxy) is 2. The summed E-state index contributed by atoms with van der Waals surface area (Å²) < 4.78 is 12.0. The van der Waals surface area contributed by atoms with Crippen LogP contribution in [0.3, 0.4) is 0 Å². The van der Waals surface area contributed by atoms with Gasteiger partial charge in [-0.25, -0.2) is 4.79 Å². The minimum absolute atomic E-state index is 0.0256. The summed E-state index contributed by atoms with van der Waals surface area (Å²) in [7, 11) is 0. The second kappa shape index (κ2) is 7.07. The number of esters is 2. The highest BCUT2D eigenvalue weighted by atomic mass is 16.6. The fraction of sp³-hybridized carbons (Fsp3) is 0.759. The van der Waals surface area contributed by atoms with E-state index >= 15 is 0 Å². The van der Waals surface area contributed by atoms with Gasteiger partial charge in [-0.15, -0.1) is 0 Å². The Labute approximate surface area is 203 Å². The molecule has 5 nitrogen and oxygen atoms in total. The van der Waals surface area contributed by atoms with Crippen molar-refractivity contribution in [1.82, 2.24) is 0 Å². The van der Waals surface area contributed by atoms with E-state index in [1.807, 2.05) is 19.1 Å². The van der Waals surface area contributed by atoms with E-state index in [0.29, 0.717) is 5.92 Å². The van der Waals surface area contributed by atoms with E-state index in [-0.39, 0.29) is 57.8 Å². The summed E-state index contributed by atoms with van der Waals surface area (Å²) in [5.74, 6) is 0.459. The van der Waals surface area contributed by atoms with Crippen molar-refractivity contribution in [3.63, 3.8) is 0 Å². The highest BCUT2D eigenvalue weighted by Crippen LogP contribution is 2.75. The van der Waals surface area contributed by atoms with Gasteiger partial charge in [0.2, 0.25) is 0 Å². The summed E-state index contributed by atoms with van der Waals surface area (Å²) in [6.07, 6.45) is 12.0. The Balaban J connectivity index is 1.62. The van der Waals surface area contributed by atoms with Crippen LogP contribution in [0.15, 0.2) is 24.3 Å². The van der Waals surface area contributed by atoms with Crippen LogP contribution in [0.5, 0.6) is 0 Å². The first-order valence-corrected chi connectivity index (χ1v) is 13.0. The molecule has 4 aliphatic carbocycles. The van der Waals surface area contributed by atoms with Crippen molar-refractivity contribution in [3.05, 3.63) is 24.3 Å². The van der Waals surface area contributed by atoms with Gasteiger partial charge in [-0.3, -0.25) is 9.59 Å². The number of fused-ring (bicyclic) bond motifs is 5. The van der Waals surface area contributed by atoms with Crippen LogP contribution in [0.2, 0.25) is 0 Å². The van der Waals surface area contributed by atoms with E-state index in [2.05, 4.69) is 40.7 Å². The lowest BCUT2D eigenvalue weighted by atomic mass is 9.36. The summed E-state index contributed by atoms with van der Waals surface area (Å²) in [5.41, 5.74) is -1.24. The van der Waals surface area contributed by atoms with E-state index in [1.54, 1.807) is 6.08 Å². The number of rotatable bonds is 2. The van der Waals surface area contributed by atoms with Gasteiger partial charge in [0, 0.05) is 30.3 Å². The molecule has 5 rings (SSSR count). The smallest absolute Gasteiger partial charge is 0.331 e. The number of carbonyl (C=O) groups is 3. The summed E-state index contributed by atoms with van der Waals surface area (Å²) in [4.78, 5) is 37.3. The second-order valence-electron chi connectivity index (χ2n) is 13.3. The Morgan fingerprint density at radius 1 is 0.941 bits per heavy atom. The van der Waals surface area contributed by atoms with E-state index in [0.717, 1.165) is 32.1 Å². The standard InChI is InChI=1S/C29H40O5/c1-17(30)33-19-16-21-26(4)12-10-22(31)25(2,3)20(26)9-14-27(21,5)28(6)13-8-18(24(19)28)29(7)15-11-23(32)34-29/h10-12,15,18-21,24H,8-9,13-14,16H2,1-7H3/t18?,19-,20?,21?,24?,26+,27-,28-,29+/m1/s1. The minimum atomic E-state index is -0.665. The second-order valence-corrected chi connectivity index (χ2v) is 13.3. The fourth-order valence-corrected chi connectivity index (χ4v) is 9.72. The quantitative estimate of drug-likeness (QED) is 0.506. The summed E-state index contributed by atoms with van der Waals surface area (Å²) in [6, 6.07) is 0. The Hall–Kier alpha value is -1.91. The van der Waals surface area contributed by atoms with Crippen LogP contribution in [0, 0.1) is 45.3 Å². The third-order valence-electron chi connectivity index (χ3n) is 11.6. The maximum Gasteiger partial charge on any atom is 0.331 e. The number of cyclic esters (lactones) is 1. The maximum absolute atomic E-state index is 12.9. The average molecular weight is 469 g/mol. The molecule has 3 fully saturated rings. The maximum atomic E-state index is 12.9. The highest BCUT2D eigenvalue weighted by Gasteiger charge is 2.72. The van der Waals surface area contributed by atoms with Gasteiger partial charge in [-0.2, -0.15) is 0 Å². The van der Waals surface area contributed by atoms with E-state index in [9.17, 15) is 14.4 Å². The third kappa shape index (κ3) is 2.88. The normalized spacial score (nSPS) is 50.9. The topological polar surface area (TPSA) is 69.7 Å².